The van der Waals surface area contributed by atoms with Crippen molar-refractivity contribution in [1.82, 2.24) is 5.43 Å². The Morgan fingerprint density at radius 2 is 2.00 bits per heavy atom. The Hall–Kier alpha value is -1.49. The lowest BCUT2D eigenvalue weighted by Crippen LogP contribution is -2.42. The Labute approximate surface area is 129 Å². The minimum atomic E-state index is -0.00300. The molecule has 0 spiro atoms. The molecule has 2 aromatic rings. The normalized spacial score (nSPS) is 18.7. The molecule has 2 atom stereocenters. The van der Waals surface area contributed by atoms with Gasteiger partial charge in [-0.15, -0.1) is 11.8 Å². The average Bonchev–Trinajstić information content (AvgIpc) is 2.56. The van der Waals surface area contributed by atoms with Gasteiger partial charge < -0.3 is 4.74 Å². The van der Waals surface area contributed by atoms with E-state index >= 15 is 0 Å². The van der Waals surface area contributed by atoms with Crippen LogP contribution in [0.5, 0.6) is 5.75 Å². The fraction of sp³-hybridized carbons (Fsp3) is 0.294. The van der Waals surface area contributed by atoms with E-state index in [1.807, 2.05) is 30.0 Å². The summed E-state index contributed by atoms with van der Waals surface area (Å²) in [5, 5.41) is 0. The van der Waals surface area contributed by atoms with Gasteiger partial charge in [0, 0.05) is 10.6 Å². The lowest BCUT2D eigenvalue weighted by Gasteiger charge is -2.31. The fourth-order valence-electron chi connectivity index (χ4n) is 2.58. The van der Waals surface area contributed by atoms with Crippen molar-refractivity contribution in [1.29, 1.82) is 0 Å². The summed E-state index contributed by atoms with van der Waals surface area (Å²) < 4.78 is 6.13. The van der Waals surface area contributed by atoms with Gasteiger partial charge in [-0.05, 0) is 29.7 Å². The summed E-state index contributed by atoms with van der Waals surface area (Å²) in [5.41, 5.74) is 5.42. The summed E-state index contributed by atoms with van der Waals surface area (Å²) in [6.07, 6.45) is 1.08. The quantitative estimate of drug-likeness (QED) is 0.672. The summed E-state index contributed by atoms with van der Waals surface area (Å²) in [7, 11) is 0. The third-order valence-electron chi connectivity index (χ3n) is 3.83. The fourth-order valence-corrected chi connectivity index (χ4v) is 3.62. The molecule has 1 aliphatic heterocycles. The summed E-state index contributed by atoms with van der Waals surface area (Å²) >= 11 is 1.82. The molecule has 0 amide bonds. The SMILES string of the molecule is CCc1ccc(C(NN)C2CSc3ccccc3O2)cc1. The Balaban J connectivity index is 1.80. The first-order valence-electron chi connectivity index (χ1n) is 7.25. The highest BCUT2D eigenvalue weighted by Gasteiger charge is 2.28. The van der Waals surface area contributed by atoms with Gasteiger partial charge in [0.25, 0.3) is 0 Å². The number of hydrogen-bond donors (Lipinski definition) is 2. The van der Waals surface area contributed by atoms with Crippen molar-refractivity contribution in [2.45, 2.75) is 30.4 Å². The van der Waals surface area contributed by atoms with Gasteiger partial charge in [-0.3, -0.25) is 5.84 Å². The second kappa shape index (κ2) is 6.52. The van der Waals surface area contributed by atoms with Crippen LogP contribution in [-0.4, -0.2) is 11.9 Å². The Morgan fingerprint density at radius 3 is 2.71 bits per heavy atom. The van der Waals surface area contributed by atoms with Crippen molar-refractivity contribution in [3.05, 3.63) is 59.7 Å². The van der Waals surface area contributed by atoms with E-state index < -0.39 is 0 Å². The minimum absolute atomic E-state index is 0.00300. The largest absolute Gasteiger partial charge is 0.486 e. The molecule has 1 heterocycles. The maximum Gasteiger partial charge on any atom is 0.133 e. The third-order valence-corrected chi connectivity index (χ3v) is 4.97. The molecule has 3 nitrogen and oxygen atoms in total. The number of thioether (sulfide) groups is 1. The summed E-state index contributed by atoms with van der Waals surface area (Å²) in [6.45, 7) is 2.16. The third kappa shape index (κ3) is 3.07. The standard InChI is InChI=1S/C17H20N2OS/c1-2-12-7-9-13(10-8-12)17(19-18)15-11-21-16-6-4-3-5-14(16)20-15/h3-10,15,17,19H,2,11,18H2,1H3. The first-order valence-corrected chi connectivity index (χ1v) is 8.24. The van der Waals surface area contributed by atoms with Gasteiger partial charge in [-0.25, -0.2) is 5.43 Å². The number of ether oxygens (including phenoxy) is 1. The van der Waals surface area contributed by atoms with Gasteiger partial charge in [0.15, 0.2) is 0 Å². The summed E-state index contributed by atoms with van der Waals surface area (Å²) in [5.74, 6) is 7.63. The number of nitrogens with two attached hydrogens (primary N) is 1. The molecule has 3 rings (SSSR count). The molecule has 2 unspecified atom stereocenters. The Bertz CT molecular complexity index is 600. The molecule has 3 N–H and O–H groups in total. The van der Waals surface area contributed by atoms with Crippen LogP contribution in [0.25, 0.3) is 0 Å². The van der Waals surface area contributed by atoms with Gasteiger partial charge in [-0.1, -0.05) is 43.3 Å². The predicted octanol–water partition coefficient (Wildman–Crippen LogP) is 3.31. The first kappa shape index (κ1) is 14.4. The van der Waals surface area contributed by atoms with Crippen LogP contribution >= 0.6 is 11.8 Å². The van der Waals surface area contributed by atoms with Crippen LogP contribution in [0, 0.1) is 0 Å². The Kier molecular flexibility index (Phi) is 4.48. The van der Waals surface area contributed by atoms with Crippen LogP contribution in [0.4, 0.5) is 0 Å². The van der Waals surface area contributed by atoms with Gasteiger partial charge >= 0.3 is 0 Å². The molecule has 4 heteroatoms. The van der Waals surface area contributed by atoms with Crippen LogP contribution in [0.1, 0.15) is 24.1 Å². The zero-order valence-electron chi connectivity index (χ0n) is 12.1. The summed E-state index contributed by atoms with van der Waals surface area (Å²) in [6, 6.07) is 16.7. The highest BCUT2D eigenvalue weighted by molar-refractivity contribution is 7.99. The predicted molar refractivity (Wildman–Crippen MR) is 87.5 cm³/mol. The molecular formula is C17H20N2OS. The molecule has 0 saturated carbocycles. The molecule has 0 aliphatic carbocycles. The highest BCUT2D eigenvalue weighted by atomic mass is 32.2. The molecule has 0 bridgehead atoms. The Morgan fingerprint density at radius 1 is 1.24 bits per heavy atom. The van der Waals surface area contributed by atoms with Gasteiger partial charge in [0.1, 0.15) is 11.9 Å². The van der Waals surface area contributed by atoms with Crippen molar-refractivity contribution >= 4 is 11.8 Å². The van der Waals surface area contributed by atoms with E-state index in [-0.39, 0.29) is 12.1 Å². The van der Waals surface area contributed by atoms with E-state index in [1.54, 1.807) is 0 Å². The van der Waals surface area contributed by atoms with Gasteiger partial charge in [0.05, 0.1) is 6.04 Å². The molecule has 110 valence electrons. The van der Waals surface area contributed by atoms with Gasteiger partial charge in [-0.2, -0.15) is 0 Å². The molecule has 0 saturated heterocycles. The van der Waals surface area contributed by atoms with Crippen LogP contribution < -0.4 is 16.0 Å². The van der Waals surface area contributed by atoms with Crippen molar-refractivity contribution in [3.8, 4) is 5.75 Å². The number of fused-ring (bicyclic) bond motifs is 1. The number of hydrogen-bond acceptors (Lipinski definition) is 4. The van der Waals surface area contributed by atoms with E-state index in [0.29, 0.717) is 0 Å². The van der Waals surface area contributed by atoms with Crippen LogP contribution in [0.2, 0.25) is 0 Å². The lowest BCUT2D eigenvalue weighted by atomic mass is 10.0. The number of hydrazine groups is 1. The number of para-hydroxylation sites is 1. The molecule has 0 fully saturated rings. The van der Waals surface area contributed by atoms with Crippen LogP contribution in [0.3, 0.4) is 0 Å². The topological polar surface area (TPSA) is 47.3 Å². The van der Waals surface area contributed by atoms with E-state index in [1.165, 1.54) is 16.0 Å². The molecule has 0 aromatic heterocycles. The lowest BCUT2D eigenvalue weighted by molar-refractivity contribution is 0.167. The smallest absolute Gasteiger partial charge is 0.133 e. The number of aryl methyl sites for hydroxylation is 1. The summed E-state index contributed by atoms with van der Waals surface area (Å²) in [4.78, 5) is 1.20. The van der Waals surface area contributed by atoms with Crippen molar-refractivity contribution in [2.24, 2.45) is 5.84 Å². The maximum absolute atomic E-state index is 6.13. The number of rotatable bonds is 4. The van der Waals surface area contributed by atoms with Gasteiger partial charge in [0.2, 0.25) is 0 Å². The highest BCUT2D eigenvalue weighted by Crippen LogP contribution is 2.38. The average molecular weight is 300 g/mol. The van der Waals surface area contributed by atoms with Crippen molar-refractivity contribution in [2.75, 3.05) is 5.75 Å². The monoisotopic (exact) mass is 300 g/mol. The van der Waals surface area contributed by atoms with E-state index in [4.69, 9.17) is 10.6 Å². The molecule has 2 aromatic carbocycles. The molecule has 21 heavy (non-hydrogen) atoms. The van der Waals surface area contributed by atoms with Crippen LogP contribution in [0.15, 0.2) is 53.4 Å². The number of benzene rings is 2. The van der Waals surface area contributed by atoms with E-state index in [9.17, 15) is 0 Å². The maximum atomic E-state index is 6.13. The molecular weight excluding hydrogens is 280 g/mol. The van der Waals surface area contributed by atoms with E-state index in [2.05, 4.69) is 42.7 Å². The number of nitrogens with one attached hydrogen (secondary N) is 1. The minimum Gasteiger partial charge on any atom is -0.486 e. The molecule has 1 aliphatic rings. The van der Waals surface area contributed by atoms with Crippen molar-refractivity contribution in [3.63, 3.8) is 0 Å². The molecule has 0 radical (unpaired) electrons. The van der Waals surface area contributed by atoms with E-state index in [0.717, 1.165) is 17.9 Å². The van der Waals surface area contributed by atoms with Crippen molar-refractivity contribution < 1.29 is 4.74 Å². The van der Waals surface area contributed by atoms with Crippen LogP contribution in [-0.2, 0) is 6.42 Å². The second-order valence-electron chi connectivity index (χ2n) is 5.15. The first-order chi connectivity index (χ1) is 10.3. The second-order valence-corrected chi connectivity index (χ2v) is 6.22. The zero-order valence-corrected chi connectivity index (χ0v) is 12.9. The zero-order chi connectivity index (χ0) is 14.7.